The molecule has 0 spiro atoms. The lowest BCUT2D eigenvalue weighted by Crippen LogP contribution is -2.45. The SMILES string of the molecule is CC(C)Oc1ccc(C(N)=O)cc1CN[C@H]1CCCN[C@H]1c1ccccc1. The minimum absolute atomic E-state index is 0.0663. The molecule has 1 aliphatic heterocycles. The Bertz CT molecular complexity index is 761. The van der Waals surface area contributed by atoms with E-state index < -0.39 is 5.91 Å². The first-order chi connectivity index (χ1) is 13.0. The molecule has 1 fully saturated rings. The number of nitrogens with one attached hydrogen (secondary N) is 2. The van der Waals surface area contributed by atoms with Gasteiger partial charge in [0.25, 0.3) is 0 Å². The third kappa shape index (κ3) is 5.08. The number of primary amides is 1. The molecule has 5 nitrogen and oxygen atoms in total. The highest BCUT2D eigenvalue weighted by Gasteiger charge is 2.26. The lowest BCUT2D eigenvalue weighted by atomic mass is 9.92. The van der Waals surface area contributed by atoms with Crippen molar-refractivity contribution < 1.29 is 9.53 Å². The Kier molecular flexibility index (Phi) is 6.48. The highest BCUT2D eigenvalue weighted by Crippen LogP contribution is 2.26. The van der Waals surface area contributed by atoms with E-state index in [0.29, 0.717) is 18.2 Å². The van der Waals surface area contributed by atoms with Gasteiger partial charge in [0.15, 0.2) is 0 Å². The van der Waals surface area contributed by atoms with Crippen LogP contribution in [0.4, 0.5) is 0 Å². The fourth-order valence-electron chi connectivity index (χ4n) is 3.60. The molecule has 1 aliphatic rings. The summed E-state index contributed by atoms with van der Waals surface area (Å²) in [6.07, 6.45) is 2.30. The summed E-state index contributed by atoms with van der Waals surface area (Å²) >= 11 is 0. The third-order valence-electron chi connectivity index (χ3n) is 4.88. The third-order valence-corrected chi connectivity index (χ3v) is 4.88. The number of benzene rings is 2. The molecule has 1 heterocycles. The molecule has 5 heteroatoms. The van der Waals surface area contributed by atoms with E-state index in [1.807, 2.05) is 32.0 Å². The zero-order chi connectivity index (χ0) is 19.2. The maximum atomic E-state index is 11.6. The largest absolute Gasteiger partial charge is 0.491 e. The normalized spacial score (nSPS) is 19.8. The highest BCUT2D eigenvalue weighted by molar-refractivity contribution is 5.93. The van der Waals surface area contributed by atoms with Gasteiger partial charge in [-0.05, 0) is 57.0 Å². The standard InChI is InChI=1S/C22H29N3O2/c1-15(2)27-20-11-10-17(22(23)26)13-18(20)14-25-19-9-6-12-24-21(19)16-7-4-3-5-8-16/h3-5,7-8,10-11,13,15,19,21,24-25H,6,9,12,14H2,1-2H3,(H2,23,26)/t19-,21-/m0/s1. The van der Waals surface area contributed by atoms with Gasteiger partial charge in [0, 0.05) is 29.8 Å². The van der Waals surface area contributed by atoms with Gasteiger partial charge >= 0.3 is 0 Å². The summed E-state index contributed by atoms with van der Waals surface area (Å²) in [4.78, 5) is 11.6. The van der Waals surface area contributed by atoms with Crippen LogP contribution in [0.15, 0.2) is 48.5 Å². The second kappa shape index (κ2) is 9.02. The van der Waals surface area contributed by atoms with Gasteiger partial charge in [0.05, 0.1) is 6.10 Å². The number of nitrogens with two attached hydrogens (primary N) is 1. The number of carbonyl (C=O) groups is 1. The van der Waals surface area contributed by atoms with Crippen molar-refractivity contribution in [3.8, 4) is 5.75 Å². The number of ether oxygens (including phenoxy) is 1. The van der Waals surface area contributed by atoms with Crippen LogP contribution in [0.25, 0.3) is 0 Å². The molecular weight excluding hydrogens is 338 g/mol. The molecular formula is C22H29N3O2. The van der Waals surface area contributed by atoms with Crippen LogP contribution in [0.3, 0.4) is 0 Å². The molecule has 2 atom stereocenters. The topological polar surface area (TPSA) is 76.4 Å². The summed E-state index contributed by atoms with van der Waals surface area (Å²) in [6, 6.07) is 16.5. The van der Waals surface area contributed by atoms with Crippen LogP contribution in [-0.4, -0.2) is 24.6 Å². The lowest BCUT2D eigenvalue weighted by Gasteiger charge is -2.34. The molecule has 3 rings (SSSR count). The molecule has 144 valence electrons. The molecule has 0 saturated carbocycles. The van der Waals surface area contributed by atoms with Crippen molar-refractivity contribution >= 4 is 5.91 Å². The minimum Gasteiger partial charge on any atom is -0.491 e. The number of carbonyl (C=O) groups excluding carboxylic acids is 1. The highest BCUT2D eigenvalue weighted by atomic mass is 16.5. The smallest absolute Gasteiger partial charge is 0.248 e. The molecule has 1 amide bonds. The van der Waals surface area contributed by atoms with Crippen LogP contribution in [0.5, 0.6) is 5.75 Å². The Morgan fingerprint density at radius 3 is 2.74 bits per heavy atom. The Morgan fingerprint density at radius 2 is 2.04 bits per heavy atom. The molecule has 1 saturated heterocycles. The van der Waals surface area contributed by atoms with Crippen molar-refractivity contribution in [3.05, 3.63) is 65.2 Å². The van der Waals surface area contributed by atoms with Crippen LogP contribution in [0.1, 0.15) is 54.2 Å². The summed E-state index contributed by atoms with van der Waals surface area (Å²) in [6.45, 7) is 5.64. The van der Waals surface area contributed by atoms with E-state index in [1.54, 1.807) is 6.07 Å². The Hall–Kier alpha value is -2.37. The van der Waals surface area contributed by atoms with Crippen molar-refractivity contribution in [1.29, 1.82) is 0 Å². The molecule has 0 aliphatic carbocycles. The van der Waals surface area contributed by atoms with Gasteiger partial charge in [-0.2, -0.15) is 0 Å². The summed E-state index contributed by atoms with van der Waals surface area (Å²) < 4.78 is 5.92. The maximum absolute atomic E-state index is 11.6. The summed E-state index contributed by atoms with van der Waals surface area (Å²) in [5.74, 6) is 0.372. The first kappa shape index (κ1) is 19.4. The van der Waals surface area contributed by atoms with Crippen LogP contribution in [0, 0.1) is 0 Å². The van der Waals surface area contributed by atoms with Crippen molar-refractivity contribution in [2.75, 3.05) is 6.54 Å². The van der Waals surface area contributed by atoms with Crippen molar-refractivity contribution in [2.45, 2.75) is 51.4 Å². The van der Waals surface area contributed by atoms with Gasteiger partial charge in [-0.1, -0.05) is 30.3 Å². The van der Waals surface area contributed by atoms with E-state index in [9.17, 15) is 4.79 Å². The van der Waals surface area contributed by atoms with Crippen LogP contribution in [-0.2, 0) is 6.54 Å². The fourth-order valence-corrected chi connectivity index (χ4v) is 3.60. The van der Waals surface area contributed by atoms with E-state index in [2.05, 4.69) is 34.9 Å². The van der Waals surface area contributed by atoms with E-state index >= 15 is 0 Å². The monoisotopic (exact) mass is 367 g/mol. The molecule has 0 bridgehead atoms. The minimum atomic E-state index is -0.422. The van der Waals surface area contributed by atoms with Gasteiger partial charge in [0.2, 0.25) is 5.91 Å². The number of hydrogen-bond acceptors (Lipinski definition) is 4. The van der Waals surface area contributed by atoms with Crippen molar-refractivity contribution in [2.24, 2.45) is 5.73 Å². The summed E-state index contributed by atoms with van der Waals surface area (Å²) in [7, 11) is 0. The van der Waals surface area contributed by atoms with E-state index in [4.69, 9.17) is 10.5 Å². The first-order valence-electron chi connectivity index (χ1n) is 9.65. The summed E-state index contributed by atoms with van der Waals surface area (Å²) in [5.41, 5.74) is 8.21. The van der Waals surface area contributed by atoms with Gasteiger partial charge in [-0.3, -0.25) is 4.79 Å². The van der Waals surface area contributed by atoms with Crippen molar-refractivity contribution in [1.82, 2.24) is 10.6 Å². The number of rotatable bonds is 7. The van der Waals surface area contributed by atoms with Crippen LogP contribution in [0.2, 0.25) is 0 Å². The molecule has 0 aromatic heterocycles. The number of amides is 1. The van der Waals surface area contributed by atoms with Gasteiger partial charge in [-0.25, -0.2) is 0 Å². The zero-order valence-electron chi connectivity index (χ0n) is 16.1. The summed E-state index contributed by atoms with van der Waals surface area (Å²) in [5, 5.41) is 7.30. The molecule has 4 N–H and O–H groups in total. The number of hydrogen-bond donors (Lipinski definition) is 3. The molecule has 27 heavy (non-hydrogen) atoms. The quantitative estimate of drug-likeness (QED) is 0.703. The first-order valence-corrected chi connectivity index (χ1v) is 9.65. The Labute approximate surface area is 161 Å². The molecule has 0 radical (unpaired) electrons. The second-order valence-corrected chi connectivity index (χ2v) is 7.33. The second-order valence-electron chi connectivity index (χ2n) is 7.33. The molecule has 0 unspecified atom stereocenters. The lowest BCUT2D eigenvalue weighted by molar-refractivity contribution is 0.1000. The molecule has 2 aromatic carbocycles. The maximum Gasteiger partial charge on any atom is 0.248 e. The number of piperidine rings is 1. The van der Waals surface area contributed by atoms with Crippen molar-refractivity contribution in [3.63, 3.8) is 0 Å². The average Bonchev–Trinajstić information content (AvgIpc) is 2.67. The Balaban J connectivity index is 1.77. The van der Waals surface area contributed by atoms with E-state index in [1.165, 1.54) is 5.56 Å². The fraction of sp³-hybridized carbons (Fsp3) is 0.409. The van der Waals surface area contributed by atoms with Gasteiger partial charge in [0.1, 0.15) is 5.75 Å². The van der Waals surface area contributed by atoms with Gasteiger partial charge in [-0.15, -0.1) is 0 Å². The average molecular weight is 367 g/mol. The predicted octanol–water partition coefficient (Wildman–Crippen LogP) is 3.16. The molecule has 2 aromatic rings. The van der Waals surface area contributed by atoms with E-state index in [-0.39, 0.29) is 12.1 Å². The van der Waals surface area contributed by atoms with Gasteiger partial charge < -0.3 is 21.1 Å². The van der Waals surface area contributed by atoms with E-state index in [0.717, 1.165) is 30.7 Å². The predicted molar refractivity (Wildman–Crippen MR) is 108 cm³/mol. The van der Waals surface area contributed by atoms with Crippen LogP contribution >= 0.6 is 0 Å². The Morgan fingerprint density at radius 1 is 1.26 bits per heavy atom. The zero-order valence-corrected chi connectivity index (χ0v) is 16.1. The van der Waals surface area contributed by atoms with Crippen LogP contribution < -0.4 is 21.1 Å².